The van der Waals surface area contributed by atoms with Gasteiger partial charge in [-0.15, -0.1) is 0 Å². The van der Waals surface area contributed by atoms with Crippen LogP contribution in [-0.4, -0.2) is 46.9 Å². The molecule has 0 aliphatic heterocycles. The lowest BCUT2D eigenvalue weighted by Crippen LogP contribution is -2.35. The van der Waals surface area contributed by atoms with Crippen LogP contribution in [0.5, 0.6) is 0 Å². The summed E-state index contributed by atoms with van der Waals surface area (Å²) in [7, 11) is 0. The maximum absolute atomic E-state index is 12.8. The minimum Gasteiger partial charge on any atom is -0.348 e. The van der Waals surface area contributed by atoms with E-state index < -0.39 is 18.9 Å². The van der Waals surface area contributed by atoms with Crippen molar-refractivity contribution in [2.24, 2.45) is 0 Å². The molecule has 1 aromatic rings. The van der Waals surface area contributed by atoms with Crippen molar-refractivity contribution in [1.82, 2.24) is 15.0 Å². The minimum atomic E-state index is -4.17. The zero-order valence-corrected chi connectivity index (χ0v) is 11.6. The van der Waals surface area contributed by atoms with Crippen LogP contribution in [-0.2, 0) is 0 Å². The second kappa shape index (κ2) is 6.87. The van der Waals surface area contributed by atoms with Gasteiger partial charge in [-0.05, 0) is 25.4 Å². The number of alkyl halides is 4. The quantitative estimate of drug-likeness (QED) is 0.784. The molecule has 114 valence electrons. The first-order chi connectivity index (χ1) is 9.30. The summed E-state index contributed by atoms with van der Waals surface area (Å²) in [4.78, 5) is 13.0. The topological polar surface area (TPSA) is 53.9 Å². The molecule has 0 amide bonds. The normalized spacial score (nSPS) is 11.8. The van der Waals surface area contributed by atoms with E-state index in [1.807, 2.05) is 19.2 Å². The molecule has 1 N–H and O–H groups in total. The second-order valence-electron chi connectivity index (χ2n) is 3.82. The van der Waals surface area contributed by atoms with Gasteiger partial charge < -0.3 is 10.2 Å². The van der Waals surface area contributed by atoms with Crippen molar-refractivity contribution >= 4 is 23.5 Å². The highest BCUT2D eigenvalue weighted by molar-refractivity contribution is 6.28. The fraction of sp³-hybridized carbons (Fsp3) is 0.700. The Labute approximate surface area is 118 Å². The van der Waals surface area contributed by atoms with Crippen molar-refractivity contribution in [2.45, 2.75) is 26.2 Å². The highest BCUT2D eigenvalue weighted by Gasteiger charge is 2.40. The number of hydrogen-bond donors (Lipinski definition) is 1. The van der Waals surface area contributed by atoms with Crippen molar-refractivity contribution in [3.8, 4) is 0 Å². The molecule has 10 heteroatoms. The fourth-order valence-corrected chi connectivity index (χ4v) is 1.50. The molecule has 0 aliphatic carbocycles. The standard InChI is InChI=1S/C10H14ClF4N5/c1-3-20(4-2)9-18-7(11)17-8(19-9)16-5-10(14,15)6(12)13/h6H,3-5H2,1-2H3,(H,16,17,18,19). The Bertz CT molecular complexity index is 442. The number of hydrogen-bond acceptors (Lipinski definition) is 5. The summed E-state index contributed by atoms with van der Waals surface area (Å²) in [5.41, 5.74) is 0. The van der Waals surface area contributed by atoms with Gasteiger partial charge in [-0.1, -0.05) is 0 Å². The molecule has 1 rings (SSSR count). The van der Waals surface area contributed by atoms with Crippen molar-refractivity contribution in [1.29, 1.82) is 0 Å². The van der Waals surface area contributed by atoms with Gasteiger partial charge in [0.1, 0.15) is 0 Å². The van der Waals surface area contributed by atoms with Crippen LogP contribution in [0.3, 0.4) is 0 Å². The van der Waals surface area contributed by atoms with Gasteiger partial charge in [0, 0.05) is 13.1 Å². The third-order valence-corrected chi connectivity index (χ3v) is 2.61. The van der Waals surface area contributed by atoms with E-state index >= 15 is 0 Å². The summed E-state index contributed by atoms with van der Waals surface area (Å²) in [6.07, 6.45) is -3.77. The smallest absolute Gasteiger partial charge is 0.324 e. The summed E-state index contributed by atoms with van der Waals surface area (Å²) in [5.74, 6) is -4.25. The number of anilines is 2. The van der Waals surface area contributed by atoms with Gasteiger partial charge in [-0.2, -0.15) is 23.7 Å². The molecule has 0 bridgehead atoms. The summed E-state index contributed by atoms with van der Waals surface area (Å²) in [5, 5.41) is 1.84. The predicted molar refractivity (Wildman–Crippen MR) is 67.8 cm³/mol. The van der Waals surface area contributed by atoms with Crippen LogP contribution >= 0.6 is 11.6 Å². The van der Waals surface area contributed by atoms with E-state index in [1.165, 1.54) is 0 Å². The van der Waals surface area contributed by atoms with Gasteiger partial charge in [0.15, 0.2) is 0 Å². The predicted octanol–water partition coefficient (Wildman–Crippen LogP) is 2.68. The first-order valence-corrected chi connectivity index (χ1v) is 6.24. The zero-order chi connectivity index (χ0) is 15.3. The molecule has 0 saturated heterocycles. The van der Waals surface area contributed by atoms with Crippen molar-refractivity contribution in [3.63, 3.8) is 0 Å². The Morgan fingerprint density at radius 1 is 1.20 bits per heavy atom. The second-order valence-corrected chi connectivity index (χ2v) is 4.15. The van der Waals surface area contributed by atoms with Gasteiger partial charge >= 0.3 is 12.3 Å². The molecule has 0 fully saturated rings. The van der Waals surface area contributed by atoms with Crippen LogP contribution in [0.1, 0.15) is 13.8 Å². The van der Waals surface area contributed by atoms with E-state index in [0.29, 0.717) is 13.1 Å². The molecule has 0 unspecified atom stereocenters. The molecule has 0 spiro atoms. The number of rotatable bonds is 7. The molecule has 0 aliphatic rings. The minimum absolute atomic E-state index is 0.192. The lowest BCUT2D eigenvalue weighted by atomic mass is 10.3. The summed E-state index contributed by atoms with van der Waals surface area (Å²) in [6.45, 7) is 3.55. The van der Waals surface area contributed by atoms with Crippen LogP contribution < -0.4 is 10.2 Å². The molecule has 1 heterocycles. The average molecular weight is 316 g/mol. The fourth-order valence-electron chi connectivity index (χ4n) is 1.34. The average Bonchev–Trinajstić information content (AvgIpc) is 2.37. The summed E-state index contributed by atoms with van der Waals surface area (Å²) < 4.78 is 49.7. The monoisotopic (exact) mass is 315 g/mol. The molecular formula is C10H14ClF4N5. The van der Waals surface area contributed by atoms with E-state index in [4.69, 9.17) is 11.6 Å². The highest BCUT2D eigenvalue weighted by Crippen LogP contribution is 2.23. The summed E-state index contributed by atoms with van der Waals surface area (Å²) in [6, 6.07) is 0. The third-order valence-electron chi connectivity index (χ3n) is 2.44. The van der Waals surface area contributed by atoms with Gasteiger partial charge in [0.05, 0.1) is 6.54 Å². The molecule has 20 heavy (non-hydrogen) atoms. The van der Waals surface area contributed by atoms with Crippen LogP contribution in [0.25, 0.3) is 0 Å². The lowest BCUT2D eigenvalue weighted by Gasteiger charge is -2.19. The van der Waals surface area contributed by atoms with Gasteiger partial charge in [-0.3, -0.25) is 0 Å². The van der Waals surface area contributed by atoms with Crippen molar-refractivity contribution in [2.75, 3.05) is 29.9 Å². The van der Waals surface area contributed by atoms with Gasteiger partial charge in [-0.25, -0.2) is 8.78 Å². The number of aromatic nitrogens is 3. The number of halogens is 5. The molecule has 0 atom stereocenters. The van der Waals surface area contributed by atoms with Gasteiger partial charge in [0.2, 0.25) is 17.2 Å². The van der Waals surface area contributed by atoms with E-state index in [2.05, 4.69) is 15.0 Å². The molecule has 0 aromatic carbocycles. The van der Waals surface area contributed by atoms with Crippen LogP contribution in [0.15, 0.2) is 0 Å². The molecular weight excluding hydrogens is 302 g/mol. The van der Waals surface area contributed by atoms with Crippen LogP contribution in [0.2, 0.25) is 5.28 Å². The SMILES string of the molecule is CCN(CC)c1nc(Cl)nc(NCC(F)(F)C(F)F)n1. The maximum Gasteiger partial charge on any atom is 0.324 e. The van der Waals surface area contributed by atoms with Crippen molar-refractivity contribution in [3.05, 3.63) is 5.28 Å². The lowest BCUT2D eigenvalue weighted by molar-refractivity contribution is -0.117. The van der Waals surface area contributed by atoms with Gasteiger partial charge in [0.25, 0.3) is 0 Å². The highest BCUT2D eigenvalue weighted by atomic mass is 35.5. The molecule has 0 saturated carbocycles. The first kappa shape index (κ1) is 16.7. The summed E-state index contributed by atoms with van der Waals surface area (Å²) >= 11 is 5.66. The van der Waals surface area contributed by atoms with Crippen molar-refractivity contribution < 1.29 is 17.6 Å². The third kappa shape index (κ3) is 4.32. The molecule has 5 nitrogen and oxygen atoms in total. The first-order valence-electron chi connectivity index (χ1n) is 5.86. The Kier molecular flexibility index (Phi) is 5.73. The largest absolute Gasteiger partial charge is 0.348 e. The number of nitrogens with zero attached hydrogens (tertiary/aromatic N) is 4. The number of nitrogens with one attached hydrogen (secondary N) is 1. The van der Waals surface area contributed by atoms with E-state index in [9.17, 15) is 17.6 Å². The van der Waals surface area contributed by atoms with E-state index in [0.717, 1.165) is 0 Å². The van der Waals surface area contributed by atoms with E-state index in [-0.39, 0.29) is 17.2 Å². The Balaban J connectivity index is 2.86. The Hall–Kier alpha value is -1.38. The molecule has 1 aromatic heterocycles. The molecule has 0 radical (unpaired) electrons. The maximum atomic E-state index is 12.8. The van der Waals surface area contributed by atoms with E-state index in [1.54, 1.807) is 4.90 Å². The Morgan fingerprint density at radius 2 is 1.80 bits per heavy atom. The van der Waals surface area contributed by atoms with Crippen LogP contribution in [0.4, 0.5) is 29.5 Å². The Morgan fingerprint density at radius 3 is 2.30 bits per heavy atom. The zero-order valence-electron chi connectivity index (χ0n) is 10.9. The van der Waals surface area contributed by atoms with Crippen LogP contribution in [0, 0.1) is 0 Å².